The van der Waals surface area contributed by atoms with Crippen LogP contribution in [0.3, 0.4) is 0 Å². The molecule has 0 radical (unpaired) electrons. The highest BCUT2D eigenvalue weighted by Crippen LogP contribution is 2.48. The summed E-state index contributed by atoms with van der Waals surface area (Å²) in [7, 11) is 0. The summed E-state index contributed by atoms with van der Waals surface area (Å²) in [6, 6.07) is 7.52. The van der Waals surface area contributed by atoms with Crippen LogP contribution in [0.2, 0.25) is 0 Å². The second-order valence-electron chi connectivity index (χ2n) is 7.75. The number of guanidine groups is 1. The van der Waals surface area contributed by atoms with Gasteiger partial charge in [0.25, 0.3) is 0 Å². The zero-order valence-corrected chi connectivity index (χ0v) is 16.2. The third-order valence-corrected chi connectivity index (χ3v) is 5.64. The molecular formula is C21H33FN4. The number of halogens is 1. The fourth-order valence-electron chi connectivity index (χ4n) is 3.87. The number of hydrogen-bond donors (Lipinski definition) is 2. The summed E-state index contributed by atoms with van der Waals surface area (Å²) in [4.78, 5) is 7.41. The molecule has 0 aromatic heterocycles. The van der Waals surface area contributed by atoms with Crippen molar-refractivity contribution in [3.8, 4) is 0 Å². The minimum Gasteiger partial charge on any atom is -0.357 e. The highest BCUT2D eigenvalue weighted by Gasteiger charge is 2.44. The van der Waals surface area contributed by atoms with Crippen molar-refractivity contribution >= 4 is 5.96 Å². The van der Waals surface area contributed by atoms with Crippen LogP contribution in [0.5, 0.6) is 0 Å². The summed E-state index contributed by atoms with van der Waals surface area (Å²) < 4.78 is 13.6. The summed E-state index contributed by atoms with van der Waals surface area (Å²) in [5.41, 5.74) is 1.12. The lowest BCUT2D eigenvalue weighted by Gasteiger charge is -2.33. The second kappa shape index (κ2) is 8.85. The molecule has 26 heavy (non-hydrogen) atoms. The molecule has 1 aliphatic carbocycles. The van der Waals surface area contributed by atoms with Gasteiger partial charge in [-0.2, -0.15) is 0 Å². The standard InChI is InChI=1S/C21H33FN4/c1-3-12-26-13-8-19(9-14-26)25-20(23-4-2)24-16-21(10-11-21)17-6-5-7-18(22)15-17/h5-7,15,19H,3-4,8-14,16H2,1-2H3,(H2,23,24,25). The fourth-order valence-corrected chi connectivity index (χ4v) is 3.87. The van der Waals surface area contributed by atoms with Gasteiger partial charge in [-0.15, -0.1) is 0 Å². The number of benzene rings is 1. The SMILES string of the molecule is CCCN1CCC(NC(=NCC2(c3cccc(F)c3)CC2)NCC)CC1. The normalized spacial score (nSPS) is 20.8. The van der Waals surface area contributed by atoms with E-state index in [-0.39, 0.29) is 11.2 Å². The lowest BCUT2D eigenvalue weighted by Crippen LogP contribution is -2.49. The number of rotatable bonds is 7. The maximum absolute atomic E-state index is 13.6. The molecule has 2 fully saturated rings. The molecule has 0 spiro atoms. The van der Waals surface area contributed by atoms with Crippen molar-refractivity contribution in [3.63, 3.8) is 0 Å². The van der Waals surface area contributed by atoms with Gasteiger partial charge >= 0.3 is 0 Å². The summed E-state index contributed by atoms with van der Waals surface area (Å²) in [5, 5.41) is 7.00. The van der Waals surface area contributed by atoms with E-state index in [0.717, 1.165) is 50.5 Å². The lowest BCUT2D eigenvalue weighted by molar-refractivity contribution is 0.206. The van der Waals surface area contributed by atoms with Gasteiger partial charge < -0.3 is 15.5 Å². The number of aliphatic imine (C=N–C) groups is 1. The Balaban J connectivity index is 1.58. The first-order valence-electron chi connectivity index (χ1n) is 10.2. The van der Waals surface area contributed by atoms with Crippen LogP contribution in [-0.2, 0) is 5.41 Å². The van der Waals surface area contributed by atoms with E-state index in [1.165, 1.54) is 31.9 Å². The molecule has 1 saturated carbocycles. The minimum atomic E-state index is -0.151. The van der Waals surface area contributed by atoms with Crippen molar-refractivity contribution in [2.24, 2.45) is 4.99 Å². The van der Waals surface area contributed by atoms with Gasteiger partial charge in [0, 0.05) is 31.1 Å². The van der Waals surface area contributed by atoms with Crippen molar-refractivity contribution in [1.29, 1.82) is 0 Å². The minimum absolute atomic E-state index is 0.0366. The predicted molar refractivity (Wildman–Crippen MR) is 106 cm³/mol. The summed E-state index contributed by atoms with van der Waals surface area (Å²) in [5.74, 6) is 0.755. The first-order valence-corrected chi connectivity index (χ1v) is 10.2. The molecular weight excluding hydrogens is 327 g/mol. The van der Waals surface area contributed by atoms with E-state index in [2.05, 4.69) is 29.4 Å². The van der Waals surface area contributed by atoms with Gasteiger partial charge in [-0.3, -0.25) is 4.99 Å². The molecule has 0 bridgehead atoms. The Kier molecular flexibility index (Phi) is 6.52. The number of nitrogens with zero attached hydrogens (tertiary/aromatic N) is 2. The smallest absolute Gasteiger partial charge is 0.191 e. The van der Waals surface area contributed by atoms with Crippen LogP contribution in [0.4, 0.5) is 4.39 Å². The zero-order chi connectivity index (χ0) is 18.4. The molecule has 2 N–H and O–H groups in total. The van der Waals surface area contributed by atoms with Gasteiger partial charge in [-0.25, -0.2) is 4.39 Å². The molecule has 2 aliphatic rings. The van der Waals surface area contributed by atoms with Gasteiger partial charge in [0.05, 0.1) is 6.54 Å². The Bertz CT molecular complexity index is 604. The van der Waals surface area contributed by atoms with Crippen molar-refractivity contribution in [1.82, 2.24) is 15.5 Å². The van der Waals surface area contributed by atoms with Crippen LogP contribution >= 0.6 is 0 Å². The number of hydrogen-bond acceptors (Lipinski definition) is 2. The molecule has 4 nitrogen and oxygen atoms in total. The highest BCUT2D eigenvalue weighted by atomic mass is 19.1. The Morgan fingerprint density at radius 1 is 1.27 bits per heavy atom. The molecule has 1 aromatic rings. The van der Waals surface area contributed by atoms with Crippen LogP contribution in [-0.4, -0.2) is 49.6 Å². The highest BCUT2D eigenvalue weighted by molar-refractivity contribution is 5.80. The average molecular weight is 361 g/mol. The third kappa shape index (κ3) is 4.97. The van der Waals surface area contributed by atoms with Crippen molar-refractivity contribution in [2.75, 3.05) is 32.7 Å². The van der Waals surface area contributed by atoms with Crippen molar-refractivity contribution in [3.05, 3.63) is 35.6 Å². The van der Waals surface area contributed by atoms with Gasteiger partial charge in [0.15, 0.2) is 5.96 Å². The molecule has 1 heterocycles. The third-order valence-electron chi connectivity index (χ3n) is 5.64. The molecule has 1 saturated heterocycles. The van der Waals surface area contributed by atoms with E-state index in [4.69, 9.17) is 4.99 Å². The summed E-state index contributed by atoms with van der Waals surface area (Å²) in [6.07, 6.45) is 5.74. The number of likely N-dealkylation sites (tertiary alicyclic amines) is 1. The maximum Gasteiger partial charge on any atom is 0.191 e. The molecule has 1 aliphatic heterocycles. The zero-order valence-electron chi connectivity index (χ0n) is 16.2. The number of nitrogens with one attached hydrogen (secondary N) is 2. The molecule has 1 aromatic carbocycles. The van der Waals surface area contributed by atoms with Crippen LogP contribution < -0.4 is 10.6 Å². The first kappa shape index (κ1) is 19.2. The van der Waals surface area contributed by atoms with Gasteiger partial charge in [0.2, 0.25) is 0 Å². The monoisotopic (exact) mass is 360 g/mol. The maximum atomic E-state index is 13.6. The van der Waals surface area contributed by atoms with E-state index in [9.17, 15) is 4.39 Å². The lowest BCUT2D eigenvalue weighted by atomic mass is 9.96. The average Bonchev–Trinajstić information content (AvgIpc) is 3.43. The van der Waals surface area contributed by atoms with Crippen molar-refractivity contribution < 1.29 is 4.39 Å². The van der Waals surface area contributed by atoms with Gasteiger partial charge in [-0.1, -0.05) is 19.1 Å². The van der Waals surface area contributed by atoms with Crippen LogP contribution in [0.1, 0.15) is 51.5 Å². The first-order chi connectivity index (χ1) is 12.6. The molecule has 0 unspecified atom stereocenters. The van der Waals surface area contributed by atoms with Crippen LogP contribution in [0.25, 0.3) is 0 Å². The Labute approximate surface area is 157 Å². The molecule has 144 valence electrons. The molecule has 5 heteroatoms. The second-order valence-corrected chi connectivity index (χ2v) is 7.75. The molecule has 3 rings (SSSR count). The van der Waals surface area contributed by atoms with Gasteiger partial charge in [-0.05, 0) is 63.3 Å². The fraction of sp³-hybridized carbons (Fsp3) is 0.667. The van der Waals surface area contributed by atoms with Crippen LogP contribution in [0.15, 0.2) is 29.3 Å². The van der Waals surface area contributed by atoms with E-state index >= 15 is 0 Å². The Morgan fingerprint density at radius 3 is 2.65 bits per heavy atom. The topological polar surface area (TPSA) is 39.7 Å². The molecule has 0 amide bonds. The van der Waals surface area contributed by atoms with Crippen LogP contribution in [0, 0.1) is 5.82 Å². The predicted octanol–water partition coefficient (Wildman–Crippen LogP) is 3.29. The van der Waals surface area contributed by atoms with Gasteiger partial charge in [0.1, 0.15) is 5.82 Å². The van der Waals surface area contributed by atoms with E-state index in [1.54, 1.807) is 6.07 Å². The summed E-state index contributed by atoms with van der Waals surface area (Å²) in [6.45, 7) is 9.45. The Morgan fingerprint density at radius 2 is 2.04 bits per heavy atom. The van der Waals surface area contributed by atoms with E-state index in [1.807, 2.05) is 12.1 Å². The van der Waals surface area contributed by atoms with Crippen molar-refractivity contribution in [2.45, 2.75) is 57.4 Å². The Hall–Kier alpha value is -1.62. The van der Waals surface area contributed by atoms with E-state index in [0.29, 0.717) is 6.04 Å². The molecule has 0 atom stereocenters. The van der Waals surface area contributed by atoms with E-state index < -0.39 is 0 Å². The quantitative estimate of drug-likeness (QED) is 0.579. The summed E-state index contributed by atoms with van der Waals surface area (Å²) >= 11 is 0. The largest absolute Gasteiger partial charge is 0.357 e. The number of piperidine rings is 1.